The van der Waals surface area contributed by atoms with Gasteiger partial charge in [0.25, 0.3) is 0 Å². The number of hydrogen-bond donors (Lipinski definition) is 1. The smallest absolute Gasteiger partial charge is 0.141 e. The highest BCUT2D eigenvalue weighted by Gasteiger charge is 2.10. The minimum atomic E-state index is 0.647. The van der Waals surface area contributed by atoms with E-state index in [-0.39, 0.29) is 0 Å². The number of anilines is 2. The maximum atomic E-state index is 5.99. The molecule has 0 atom stereocenters. The maximum absolute atomic E-state index is 5.99. The van der Waals surface area contributed by atoms with Gasteiger partial charge in [-0.3, -0.25) is 4.90 Å². The van der Waals surface area contributed by atoms with Crippen LogP contribution in [0.2, 0.25) is 0 Å². The SMILES string of the molecule is C/C=C/c1ccc(Nc2ncnc3ccc(OCCN4CCOCC4)cc23)cc1. The van der Waals surface area contributed by atoms with E-state index in [9.17, 15) is 0 Å². The standard InChI is InChI=1S/C23H26N4O2/c1-2-3-18-4-6-19(7-5-18)26-23-21-16-20(8-9-22(21)24-17-25-23)29-15-12-27-10-13-28-14-11-27/h2-9,16-17H,10-15H2,1H3,(H,24,25,26)/b3-2+. The molecular formula is C23H26N4O2. The molecule has 0 amide bonds. The van der Waals surface area contributed by atoms with Gasteiger partial charge in [0.2, 0.25) is 0 Å². The summed E-state index contributed by atoms with van der Waals surface area (Å²) in [4.78, 5) is 11.2. The number of rotatable bonds is 7. The monoisotopic (exact) mass is 390 g/mol. The van der Waals surface area contributed by atoms with Crippen LogP contribution in [0.5, 0.6) is 5.75 Å². The molecule has 0 radical (unpaired) electrons. The first-order valence-corrected chi connectivity index (χ1v) is 9.99. The van der Waals surface area contributed by atoms with Crippen LogP contribution >= 0.6 is 0 Å². The zero-order valence-electron chi connectivity index (χ0n) is 16.7. The quantitative estimate of drug-likeness (QED) is 0.655. The molecule has 1 aliphatic heterocycles. The third kappa shape index (κ3) is 5.10. The second-order valence-electron chi connectivity index (χ2n) is 6.95. The highest BCUT2D eigenvalue weighted by atomic mass is 16.5. The molecule has 29 heavy (non-hydrogen) atoms. The lowest BCUT2D eigenvalue weighted by molar-refractivity contribution is 0.0322. The van der Waals surface area contributed by atoms with Crippen LogP contribution in [0.1, 0.15) is 12.5 Å². The predicted molar refractivity (Wildman–Crippen MR) is 117 cm³/mol. The summed E-state index contributed by atoms with van der Waals surface area (Å²) in [7, 11) is 0. The molecule has 2 heterocycles. The molecule has 0 aliphatic carbocycles. The summed E-state index contributed by atoms with van der Waals surface area (Å²) < 4.78 is 11.4. The Morgan fingerprint density at radius 2 is 1.93 bits per heavy atom. The summed E-state index contributed by atoms with van der Waals surface area (Å²) in [6, 6.07) is 14.2. The Morgan fingerprint density at radius 3 is 2.72 bits per heavy atom. The number of benzene rings is 2. The topological polar surface area (TPSA) is 59.5 Å². The van der Waals surface area contributed by atoms with Crippen LogP contribution in [0, 0.1) is 0 Å². The molecule has 150 valence electrons. The van der Waals surface area contributed by atoms with Crippen LogP contribution in [-0.2, 0) is 4.74 Å². The molecule has 6 heteroatoms. The second-order valence-corrected chi connectivity index (χ2v) is 6.95. The highest BCUT2D eigenvalue weighted by Crippen LogP contribution is 2.27. The number of fused-ring (bicyclic) bond motifs is 1. The summed E-state index contributed by atoms with van der Waals surface area (Å²) in [6.07, 6.45) is 5.68. The number of morpholine rings is 1. The number of nitrogens with zero attached hydrogens (tertiary/aromatic N) is 3. The first-order chi connectivity index (χ1) is 14.3. The van der Waals surface area contributed by atoms with Crippen molar-refractivity contribution in [3.63, 3.8) is 0 Å². The van der Waals surface area contributed by atoms with Crippen LogP contribution in [0.25, 0.3) is 17.0 Å². The lowest BCUT2D eigenvalue weighted by atomic mass is 10.2. The molecule has 3 aromatic rings. The molecule has 1 saturated heterocycles. The molecule has 0 unspecified atom stereocenters. The number of aromatic nitrogens is 2. The fraction of sp³-hybridized carbons (Fsp3) is 0.304. The average Bonchev–Trinajstić information content (AvgIpc) is 2.76. The number of nitrogens with one attached hydrogen (secondary N) is 1. The normalized spacial score (nSPS) is 15.1. The van der Waals surface area contributed by atoms with Gasteiger partial charge in [-0.2, -0.15) is 0 Å². The van der Waals surface area contributed by atoms with E-state index in [4.69, 9.17) is 9.47 Å². The zero-order valence-corrected chi connectivity index (χ0v) is 16.7. The fourth-order valence-electron chi connectivity index (χ4n) is 3.35. The van der Waals surface area contributed by atoms with E-state index in [1.54, 1.807) is 6.33 Å². The van der Waals surface area contributed by atoms with Crippen LogP contribution in [0.3, 0.4) is 0 Å². The largest absolute Gasteiger partial charge is 0.492 e. The molecule has 1 fully saturated rings. The van der Waals surface area contributed by atoms with Crippen molar-refractivity contribution in [3.05, 3.63) is 60.4 Å². The van der Waals surface area contributed by atoms with Crippen LogP contribution in [0.4, 0.5) is 11.5 Å². The number of allylic oxidation sites excluding steroid dienone is 1. The van der Waals surface area contributed by atoms with Gasteiger partial charge in [-0.1, -0.05) is 24.3 Å². The third-order valence-corrected chi connectivity index (χ3v) is 4.92. The van der Waals surface area contributed by atoms with Gasteiger partial charge in [-0.15, -0.1) is 0 Å². The summed E-state index contributed by atoms with van der Waals surface area (Å²) in [5.41, 5.74) is 3.03. The minimum Gasteiger partial charge on any atom is -0.492 e. The van der Waals surface area contributed by atoms with Gasteiger partial charge in [0.1, 0.15) is 24.5 Å². The minimum absolute atomic E-state index is 0.647. The second kappa shape index (κ2) is 9.49. The van der Waals surface area contributed by atoms with Crippen LogP contribution in [-0.4, -0.2) is 54.3 Å². The average molecular weight is 390 g/mol. The Morgan fingerprint density at radius 1 is 1.10 bits per heavy atom. The Balaban J connectivity index is 1.46. The zero-order chi connectivity index (χ0) is 19.9. The maximum Gasteiger partial charge on any atom is 0.141 e. The lowest BCUT2D eigenvalue weighted by Crippen LogP contribution is -2.38. The molecule has 0 spiro atoms. The first kappa shape index (κ1) is 19.4. The van der Waals surface area contributed by atoms with Crippen molar-refractivity contribution in [2.75, 3.05) is 44.8 Å². The van der Waals surface area contributed by atoms with E-state index in [0.717, 1.165) is 61.0 Å². The fourth-order valence-corrected chi connectivity index (χ4v) is 3.35. The Bertz CT molecular complexity index is 966. The van der Waals surface area contributed by atoms with E-state index in [1.165, 1.54) is 5.56 Å². The van der Waals surface area contributed by atoms with E-state index < -0.39 is 0 Å². The first-order valence-electron chi connectivity index (χ1n) is 9.99. The van der Waals surface area contributed by atoms with E-state index in [2.05, 4.69) is 38.4 Å². The summed E-state index contributed by atoms with van der Waals surface area (Å²) >= 11 is 0. The molecule has 2 aromatic carbocycles. The van der Waals surface area contributed by atoms with Crippen molar-refractivity contribution >= 4 is 28.5 Å². The molecule has 0 bridgehead atoms. The molecule has 6 nitrogen and oxygen atoms in total. The summed E-state index contributed by atoms with van der Waals surface area (Å²) in [5, 5.41) is 4.34. The van der Waals surface area contributed by atoms with Gasteiger partial charge in [0, 0.05) is 30.7 Å². The van der Waals surface area contributed by atoms with Crippen molar-refractivity contribution in [2.45, 2.75) is 6.92 Å². The van der Waals surface area contributed by atoms with Crippen molar-refractivity contribution in [3.8, 4) is 5.75 Å². The van der Waals surface area contributed by atoms with Gasteiger partial charge in [-0.25, -0.2) is 9.97 Å². The summed E-state index contributed by atoms with van der Waals surface area (Å²) in [5.74, 6) is 1.60. The molecule has 1 aromatic heterocycles. The van der Waals surface area contributed by atoms with Gasteiger partial charge in [0.15, 0.2) is 0 Å². The number of hydrogen-bond acceptors (Lipinski definition) is 6. The van der Waals surface area contributed by atoms with Crippen molar-refractivity contribution in [1.29, 1.82) is 0 Å². The predicted octanol–water partition coefficient (Wildman–Crippen LogP) is 4.12. The highest BCUT2D eigenvalue weighted by molar-refractivity contribution is 5.91. The molecular weight excluding hydrogens is 364 g/mol. The van der Waals surface area contributed by atoms with Gasteiger partial charge in [0.05, 0.1) is 18.7 Å². The third-order valence-electron chi connectivity index (χ3n) is 4.92. The Hall–Kier alpha value is -2.96. The lowest BCUT2D eigenvalue weighted by Gasteiger charge is -2.26. The molecule has 1 aliphatic rings. The van der Waals surface area contributed by atoms with E-state index >= 15 is 0 Å². The summed E-state index contributed by atoms with van der Waals surface area (Å²) in [6.45, 7) is 7.10. The van der Waals surface area contributed by atoms with Crippen LogP contribution < -0.4 is 10.1 Å². The van der Waals surface area contributed by atoms with Gasteiger partial charge < -0.3 is 14.8 Å². The van der Waals surface area contributed by atoms with E-state index in [1.807, 2.05) is 43.3 Å². The number of ether oxygens (including phenoxy) is 2. The molecule has 1 N–H and O–H groups in total. The van der Waals surface area contributed by atoms with Crippen molar-refractivity contribution < 1.29 is 9.47 Å². The van der Waals surface area contributed by atoms with Gasteiger partial charge >= 0.3 is 0 Å². The van der Waals surface area contributed by atoms with E-state index in [0.29, 0.717) is 6.61 Å². The Kier molecular flexibility index (Phi) is 6.34. The van der Waals surface area contributed by atoms with Crippen LogP contribution in [0.15, 0.2) is 54.9 Å². The van der Waals surface area contributed by atoms with Crippen molar-refractivity contribution in [2.24, 2.45) is 0 Å². The van der Waals surface area contributed by atoms with Gasteiger partial charge in [-0.05, 0) is 42.8 Å². The van der Waals surface area contributed by atoms with Crippen molar-refractivity contribution in [1.82, 2.24) is 14.9 Å². The molecule has 4 rings (SSSR count). The Labute approximate surface area is 171 Å². The molecule has 0 saturated carbocycles.